The minimum atomic E-state index is 0.559. The molecule has 0 saturated carbocycles. The van der Waals surface area contributed by atoms with Gasteiger partial charge in [-0.1, -0.05) is 12.6 Å². The van der Waals surface area contributed by atoms with Gasteiger partial charge in [0.25, 0.3) is 0 Å². The summed E-state index contributed by atoms with van der Waals surface area (Å²) < 4.78 is 10.1. The molecule has 0 spiro atoms. The Bertz CT molecular complexity index is 87.2. The summed E-state index contributed by atoms with van der Waals surface area (Å²) in [4.78, 5) is 0. The molecule has 2 atom stereocenters. The fourth-order valence-corrected chi connectivity index (χ4v) is 0.876. The lowest BCUT2D eigenvalue weighted by molar-refractivity contribution is 0.417. The maximum absolute atomic E-state index is 5.04. The standard InChI is InChI=1S/C6H10BO2/c1(5-3-8-5)7-2-6-4-9-6/h5-6H,1-4H2. The van der Waals surface area contributed by atoms with E-state index in [0.29, 0.717) is 12.2 Å². The number of epoxide rings is 2. The molecule has 2 saturated heterocycles. The fourth-order valence-electron chi connectivity index (χ4n) is 0.876. The molecular weight excluding hydrogens is 115 g/mol. The van der Waals surface area contributed by atoms with Crippen LogP contribution in [0.4, 0.5) is 0 Å². The summed E-state index contributed by atoms with van der Waals surface area (Å²) in [6.45, 7) is 1.95. The maximum atomic E-state index is 5.04. The van der Waals surface area contributed by atoms with Gasteiger partial charge in [-0.3, -0.25) is 0 Å². The minimum absolute atomic E-state index is 0.559. The first-order chi connectivity index (χ1) is 4.45. The normalized spacial score (nSPS) is 38.2. The van der Waals surface area contributed by atoms with Crippen molar-refractivity contribution < 1.29 is 9.47 Å². The summed E-state index contributed by atoms with van der Waals surface area (Å²) in [5, 5.41) is 0. The fraction of sp³-hybridized carbons (Fsp3) is 1.00. The topological polar surface area (TPSA) is 25.1 Å². The first kappa shape index (κ1) is 5.75. The average molecular weight is 125 g/mol. The lowest BCUT2D eigenvalue weighted by Crippen LogP contribution is -1.98. The molecule has 0 N–H and O–H groups in total. The molecular formula is C6H10BO2. The van der Waals surface area contributed by atoms with Gasteiger partial charge in [0, 0.05) is 0 Å². The molecule has 3 heteroatoms. The van der Waals surface area contributed by atoms with Gasteiger partial charge in [-0.05, 0) is 0 Å². The number of rotatable bonds is 4. The van der Waals surface area contributed by atoms with E-state index < -0.39 is 0 Å². The van der Waals surface area contributed by atoms with Crippen molar-refractivity contribution in [2.75, 3.05) is 13.2 Å². The van der Waals surface area contributed by atoms with E-state index in [9.17, 15) is 0 Å². The molecule has 49 valence electrons. The quantitative estimate of drug-likeness (QED) is 0.399. The van der Waals surface area contributed by atoms with Gasteiger partial charge in [-0.15, -0.1) is 0 Å². The molecule has 0 aromatic heterocycles. The molecule has 2 aliphatic rings. The van der Waals surface area contributed by atoms with Crippen LogP contribution in [-0.4, -0.2) is 32.7 Å². The molecule has 2 fully saturated rings. The summed E-state index contributed by atoms with van der Waals surface area (Å²) >= 11 is 0. The van der Waals surface area contributed by atoms with Crippen LogP contribution in [-0.2, 0) is 9.47 Å². The van der Waals surface area contributed by atoms with Crippen molar-refractivity contribution in [1.29, 1.82) is 0 Å². The van der Waals surface area contributed by atoms with Crippen LogP contribution in [0.25, 0.3) is 0 Å². The Morgan fingerprint density at radius 3 is 1.89 bits per heavy atom. The number of hydrogen-bond acceptors (Lipinski definition) is 2. The van der Waals surface area contributed by atoms with Gasteiger partial charge in [-0.2, -0.15) is 0 Å². The van der Waals surface area contributed by atoms with Gasteiger partial charge < -0.3 is 9.47 Å². The molecule has 0 aliphatic carbocycles. The van der Waals surface area contributed by atoms with Crippen LogP contribution in [0.2, 0.25) is 12.6 Å². The predicted octanol–water partition coefficient (Wildman–Crippen LogP) is 0.325. The van der Waals surface area contributed by atoms with E-state index in [1.54, 1.807) is 0 Å². The Morgan fingerprint density at radius 2 is 1.56 bits per heavy atom. The largest absolute Gasteiger partial charge is 0.374 e. The van der Waals surface area contributed by atoms with Crippen LogP contribution < -0.4 is 0 Å². The van der Waals surface area contributed by atoms with E-state index in [1.165, 1.54) is 0 Å². The van der Waals surface area contributed by atoms with Crippen LogP contribution in [0.15, 0.2) is 0 Å². The van der Waals surface area contributed by atoms with E-state index in [0.717, 1.165) is 25.9 Å². The third-order valence-electron chi connectivity index (χ3n) is 1.66. The molecule has 2 unspecified atom stereocenters. The average Bonchev–Trinajstić information content (AvgIpc) is 2.57. The molecule has 2 aliphatic heterocycles. The highest BCUT2D eigenvalue weighted by atomic mass is 16.6. The van der Waals surface area contributed by atoms with Crippen molar-refractivity contribution in [2.45, 2.75) is 24.8 Å². The zero-order chi connectivity index (χ0) is 6.10. The molecule has 0 amide bonds. The van der Waals surface area contributed by atoms with Crippen LogP contribution in [0, 0.1) is 0 Å². The Labute approximate surface area is 55.8 Å². The highest BCUT2D eigenvalue weighted by Gasteiger charge is 2.26. The van der Waals surface area contributed by atoms with E-state index in [2.05, 4.69) is 7.28 Å². The van der Waals surface area contributed by atoms with Crippen molar-refractivity contribution >= 4 is 7.28 Å². The molecule has 0 aromatic carbocycles. The number of ether oxygens (including phenoxy) is 2. The second kappa shape index (κ2) is 2.31. The third-order valence-corrected chi connectivity index (χ3v) is 1.66. The smallest absolute Gasteiger partial charge is 0.116 e. The summed E-state index contributed by atoms with van der Waals surface area (Å²) in [7, 11) is 2.27. The Kier molecular flexibility index (Phi) is 1.48. The van der Waals surface area contributed by atoms with Crippen LogP contribution in [0.5, 0.6) is 0 Å². The second-order valence-electron chi connectivity index (χ2n) is 2.67. The van der Waals surface area contributed by atoms with Gasteiger partial charge >= 0.3 is 0 Å². The van der Waals surface area contributed by atoms with Crippen molar-refractivity contribution in [3.8, 4) is 0 Å². The molecule has 1 radical (unpaired) electrons. The Hall–Kier alpha value is -0.0151. The molecule has 2 rings (SSSR count). The van der Waals surface area contributed by atoms with E-state index in [4.69, 9.17) is 9.47 Å². The van der Waals surface area contributed by atoms with E-state index >= 15 is 0 Å². The van der Waals surface area contributed by atoms with Gasteiger partial charge in [0.05, 0.1) is 25.4 Å². The van der Waals surface area contributed by atoms with Crippen molar-refractivity contribution in [1.82, 2.24) is 0 Å². The van der Waals surface area contributed by atoms with E-state index in [1.807, 2.05) is 0 Å². The van der Waals surface area contributed by atoms with Gasteiger partial charge in [0.2, 0.25) is 0 Å². The molecule has 9 heavy (non-hydrogen) atoms. The van der Waals surface area contributed by atoms with Crippen molar-refractivity contribution in [3.63, 3.8) is 0 Å². The minimum Gasteiger partial charge on any atom is -0.374 e. The predicted molar refractivity (Wildman–Crippen MR) is 34.8 cm³/mol. The third kappa shape index (κ3) is 1.99. The van der Waals surface area contributed by atoms with E-state index in [-0.39, 0.29) is 0 Å². The monoisotopic (exact) mass is 125 g/mol. The molecule has 2 heterocycles. The SMILES string of the molecule is [B](CC1CO1)CC1CO1. The maximum Gasteiger partial charge on any atom is 0.116 e. The molecule has 2 nitrogen and oxygen atoms in total. The highest BCUT2D eigenvalue weighted by Crippen LogP contribution is 2.18. The molecule has 0 aromatic rings. The van der Waals surface area contributed by atoms with Crippen LogP contribution in [0.1, 0.15) is 0 Å². The van der Waals surface area contributed by atoms with Gasteiger partial charge in [0.15, 0.2) is 0 Å². The first-order valence-electron chi connectivity index (χ1n) is 3.50. The lowest BCUT2D eigenvalue weighted by atomic mass is 9.69. The zero-order valence-electron chi connectivity index (χ0n) is 5.38. The van der Waals surface area contributed by atoms with Gasteiger partial charge in [-0.25, -0.2) is 0 Å². The van der Waals surface area contributed by atoms with Crippen molar-refractivity contribution in [3.05, 3.63) is 0 Å². The second-order valence-corrected chi connectivity index (χ2v) is 2.67. The van der Waals surface area contributed by atoms with Gasteiger partial charge in [0.1, 0.15) is 7.28 Å². The summed E-state index contributed by atoms with van der Waals surface area (Å²) in [5.41, 5.74) is 0. The highest BCUT2D eigenvalue weighted by molar-refractivity contribution is 6.36. The Balaban J connectivity index is 1.46. The molecule has 0 bridgehead atoms. The number of hydrogen-bond donors (Lipinski definition) is 0. The zero-order valence-corrected chi connectivity index (χ0v) is 5.38. The van der Waals surface area contributed by atoms with Crippen molar-refractivity contribution in [2.24, 2.45) is 0 Å². The summed E-state index contributed by atoms with van der Waals surface area (Å²) in [6.07, 6.45) is 3.37. The summed E-state index contributed by atoms with van der Waals surface area (Å²) in [5.74, 6) is 0. The lowest BCUT2D eigenvalue weighted by Gasteiger charge is -1.88. The first-order valence-corrected chi connectivity index (χ1v) is 3.50. The Morgan fingerprint density at radius 1 is 1.11 bits per heavy atom. The van der Waals surface area contributed by atoms with Crippen LogP contribution in [0.3, 0.4) is 0 Å². The summed E-state index contributed by atoms with van der Waals surface area (Å²) in [6, 6.07) is 0. The van der Waals surface area contributed by atoms with Crippen LogP contribution >= 0.6 is 0 Å².